The molecule has 1 heterocycles. The van der Waals surface area contributed by atoms with Crippen LogP contribution in [0, 0.1) is 0 Å². The Balaban J connectivity index is 2.00. The number of carbonyl (C=O) groups excluding carboxylic acids is 1. The molecule has 0 aliphatic rings. The second-order valence-electron chi connectivity index (χ2n) is 4.37. The van der Waals surface area contributed by atoms with Crippen molar-refractivity contribution in [2.24, 2.45) is 0 Å². The zero-order valence-electron chi connectivity index (χ0n) is 11.4. The Morgan fingerprint density at radius 2 is 1.91 bits per heavy atom. The van der Waals surface area contributed by atoms with Gasteiger partial charge < -0.3 is 15.7 Å². The Labute approximate surface area is 134 Å². The molecule has 2 rings (SSSR count). The summed E-state index contributed by atoms with van der Waals surface area (Å²) in [6, 6.07) is 9.10. The lowest BCUT2D eigenvalue weighted by Gasteiger charge is -2.08. The van der Waals surface area contributed by atoms with E-state index in [2.05, 4.69) is 36.5 Å². The lowest BCUT2D eigenvalue weighted by atomic mass is 10.3. The first-order valence-corrected chi connectivity index (χ1v) is 7.18. The van der Waals surface area contributed by atoms with Crippen molar-refractivity contribution in [2.75, 3.05) is 10.6 Å². The maximum Gasteiger partial charge on any atom is 0.303 e. The largest absolute Gasteiger partial charge is 0.481 e. The fourth-order valence-electron chi connectivity index (χ4n) is 1.63. The summed E-state index contributed by atoms with van der Waals surface area (Å²) in [6.07, 6.45) is 0.987. The number of nitrogens with zero attached hydrogens (tertiary/aromatic N) is 2. The number of aromatic nitrogens is 2. The molecule has 0 saturated heterocycles. The highest BCUT2D eigenvalue weighted by atomic mass is 79.9. The zero-order chi connectivity index (χ0) is 15.9. The maximum atomic E-state index is 11.6. The number of carboxylic acids is 1. The van der Waals surface area contributed by atoms with Crippen LogP contribution in [0.3, 0.4) is 0 Å². The van der Waals surface area contributed by atoms with Gasteiger partial charge in [-0.1, -0.05) is 22.0 Å². The molecular weight excluding hydrogens is 352 g/mol. The molecule has 3 N–H and O–H groups in total. The number of amides is 1. The second kappa shape index (κ2) is 7.51. The van der Waals surface area contributed by atoms with Crippen LogP contribution in [0.15, 0.2) is 41.1 Å². The van der Waals surface area contributed by atoms with Gasteiger partial charge in [0.15, 0.2) is 0 Å². The number of carbonyl (C=O) groups is 2. The molecule has 0 fully saturated rings. The van der Waals surface area contributed by atoms with Gasteiger partial charge in [-0.05, 0) is 18.2 Å². The van der Waals surface area contributed by atoms with Crippen molar-refractivity contribution in [1.29, 1.82) is 0 Å². The Hall–Kier alpha value is -2.48. The fourth-order valence-corrected chi connectivity index (χ4v) is 2.03. The van der Waals surface area contributed by atoms with Gasteiger partial charge in [-0.15, -0.1) is 0 Å². The number of hydrogen-bond donors (Lipinski definition) is 3. The van der Waals surface area contributed by atoms with Crippen LogP contribution in [0.4, 0.5) is 17.3 Å². The standard InChI is InChI=1S/C14H13BrN4O3/c15-9-2-1-3-10(6-9)18-11-7-12(17-8-16-11)19-13(20)4-5-14(21)22/h1-3,6-8H,4-5H2,(H,21,22)(H2,16,17,18,19,20). The number of anilines is 3. The van der Waals surface area contributed by atoms with Gasteiger partial charge in [-0.2, -0.15) is 0 Å². The number of benzene rings is 1. The molecule has 22 heavy (non-hydrogen) atoms. The minimum absolute atomic E-state index is 0.103. The molecule has 0 aliphatic heterocycles. The average molecular weight is 365 g/mol. The van der Waals surface area contributed by atoms with Gasteiger partial charge >= 0.3 is 5.97 Å². The molecule has 114 valence electrons. The SMILES string of the molecule is O=C(O)CCC(=O)Nc1cc(Nc2cccc(Br)c2)ncn1. The predicted molar refractivity (Wildman–Crippen MR) is 85.0 cm³/mol. The molecule has 1 aromatic carbocycles. The summed E-state index contributed by atoms with van der Waals surface area (Å²) >= 11 is 3.37. The normalized spacial score (nSPS) is 10.0. The fraction of sp³-hybridized carbons (Fsp3) is 0.143. The van der Waals surface area contributed by atoms with Crippen LogP contribution in [0.2, 0.25) is 0 Å². The third-order valence-electron chi connectivity index (χ3n) is 2.60. The van der Waals surface area contributed by atoms with E-state index in [0.29, 0.717) is 11.6 Å². The van der Waals surface area contributed by atoms with E-state index in [1.165, 1.54) is 6.33 Å². The number of rotatable bonds is 6. The van der Waals surface area contributed by atoms with Crippen molar-refractivity contribution in [3.05, 3.63) is 41.1 Å². The van der Waals surface area contributed by atoms with Gasteiger partial charge in [0.05, 0.1) is 6.42 Å². The summed E-state index contributed by atoms with van der Waals surface area (Å²) < 4.78 is 0.925. The van der Waals surface area contributed by atoms with E-state index in [-0.39, 0.29) is 12.8 Å². The molecule has 0 aliphatic carbocycles. The molecule has 1 amide bonds. The van der Waals surface area contributed by atoms with Crippen molar-refractivity contribution in [3.8, 4) is 0 Å². The number of aliphatic carboxylic acids is 1. The minimum Gasteiger partial charge on any atom is -0.481 e. The third-order valence-corrected chi connectivity index (χ3v) is 3.09. The molecule has 7 nitrogen and oxygen atoms in total. The van der Waals surface area contributed by atoms with Gasteiger partial charge in [0.1, 0.15) is 18.0 Å². The first-order valence-electron chi connectivity index (χ1n) is 6.39. The summed E-state index contributed by atoms with van der Waals surface area (Å²) in [6.45, 7) is 0. The first-order chi connectivity index (χ1) is 10.5. The van der Waals surface area contributed by atoms with Crippen LogP contribution in [0.1, 0.15) is 12.8 Å². The summed E-state index contributed by atoms with van der Waals surface area (Å²) in [5.41, 5.74) is 0.830. The monoisotopic (exact) mass is 364 g/mol. The van der Waals surface area contributed by atoms with Crippen LogP contribution in [-0.2, 0) is 9.59 Å². The molecule has 0 radical (unpaired) electrons. The van der Waals surface area contributed by atoms with Crippen LogP contribution in [0.5, 0.6) is 0 Å². The van der Waals surface area contributed by atoms with Crippen molar-refractivity contribution in [3.63, 3.8) is 0 Å². The first kappa shape index (κ1) is 15.9. The van der Waals surface area contributed by atoms with E-state index in [1.54, 1.807) is 6.07 Å². The summed E-state index contributed by atoms with van der Waals surface area (Å²) in [7, 11) is 0. The summed E-state index contributed by atoms with van der Waals surface area (Å²) in [5.74, 6) is -0.603. The quantitative estimate of drug-likeness (QED) is 0.727. The number of carboxylic acid groups (broad SMARTS) is 1. The smallest absolute Gasteiger partial charge is 0.303 e. The predicted octanol–water partition coefficient (Wildman–Crippen LogP) is 2.79. The minimum atomic E-state index is -1.02. The van der Waals surface area contributed by atoms with Crippen molar-refractivity contribution in [2.45, 2.75) is 12.8 Å². The molecule has 0 atom stereocenters. The lowest BCUT2D eigenvalue weighted by Crippen LogP contribution is -2.14. The van der Waals surface area contributed by atoms with Crippen LogP contribution in [-0.4, -0.2) is 27.0 Å². The highest BCUT2D eigenvalue weighted by Crippen LogP contribution is 2.20. The summed E-state index contributed by atoms with van der Waals surface area (Å²) in [4.78, 5) is 30.0. The average Bonchev–Trinajstić information content (AvgIpc) is 2.45. The van der Waals surface area contributed by atoms with Gasteiger partial charge in [-0.3, -0.25) is 9.59 Å². The van der Waals surface area contributed by atoms with Crippen LogP contribution < -0.4 is 10.6 Å². The highest BCUT2D eigenvalue weighted by Gasteiger charge is 2.07. The van der Waals surface area contributed by atoms with Gasteiger partial charge in [0.2, 0.25) is 5.91 Å². The van der Waals surface area contributed by atoms with Gasteiger partial charge in [-0.25, -0.2) is 9.97 Å². The van der Waals surface area contributed by atoms with E-state index >= 15 is 0 Å². The van der Waals surface area contributed by atoms with Gasteiger partial charge in [0, 0.05) is 22.6 Å². The zero-order valence-corrected chi connectivity index (χ0v) is 13.0. The van der Waals surface area contributed by atoms with Crippen molar-refractivity contribution < 1.29 is 14.7 Å². The second-order valence-corrected chi connectivity index (χ2v) is 5.28. The topological polar surface area (TPSA) is 104 Å². The van der Waals surface area contributed by atoms with E-state index < -0.39 is 11.9 Å². The van der Waals surface area contributed by atoms with Crippen molar-refractivity contribution in [1.82, 2.24) is 9.97 Å². The third kappa shape index (κ3) is 5.13. The molecular formula is C14H13BrN4O3. The van der Waals surface area contributed by atoms with Crippen LogP contribution in [0.25, 0.3) is 0 Å². The molecule has 0 spiro atoms. The van der Waals surface area contributed by atoms with Crippen LogP contribution >= 0.6 is 15.9 Å². The Bertz CT molecular complexity index is 693. The van der Waals surface area contributed by atoms with E-state index in [9.17, 15) is 9.59 Å². The van der Waals surface area contributed by atoms with Crippen molar-refractivity contribution >= 4 is 45.1 Å². The lowest BCUT2D eigenvalue weighted by molar-refractivity contribution is -0.138. The van der Waals surface area contributed by atoms with E-state index in [1.807, 2.05) is 24.3 Å². The highest BCUT2D eigenvalue weighted by molar-refractivity contribution is 9.10. The molecule has 1 aromatic heterocycles. The maximum absolute atomic E-state index is 11.6. The Morgan fingerprint density at radius 1 is 1.14 bits per heavy atom. The molecule has 2 aromatic rings. The van der Waals surface area contributed by atoms with E-state index in [4.69, 9.17) is 5.11 Å². The molecule has 0 unspecified atom stereocenters. The summed E-state index contributed by atoms with van der Waals surface area (Å²) in [5, 5.41) is 14.2. The molecule has 0 bridgehead atoms. The Kier molecular flexibility index (Phi) is 5.42. The molecule has 8 heteroatoms. The number of halogens is 1. The number of hydrogen-bond acceptors (Lipinski definition) is 5. The molecule has 0 saturated carbocycles. The number of nitrogens with one attached hydrogen (secondary N) is 2. The van der Waals surface area contributed by atoms with E-state index in [0.717, 1.165) is 10.2 Å². The van der Waals surface area contributed by atoms with Gasteiger partial charge in [0.25, 0.3) is 0 Å². The Morgan fingerprint density at radius 3 is 2.64 bits per heavy atom.